The Morgan fingerprint density at radius 3 is 2.90 bits per heavy atom. The maximum atomic E-state index is 15.1. The molecule has 1 aliphatic heterocycles. The second-order valence-corrected chi connectivity index (χ2v) is 10.1. The lowest BCUT2D eigenvalue weighted by atomic mass is 9.99. The summed E-state index contributed by atoms with van der Waals surface area (Å²) in [7, 11) is 0. The van der Waals surface area contributed by atoms with Crippen molar-refractivity contribution < 1.29 is 18.3 Å². The molecule has 1 amide bonds. The molecular weight excluding hydrogens is 554 g/mol. The minimum Gasteiger partial charge on any atom is -0.353 e. The van der Waals surface area contributed by atoms with E-state index in [9.17, 15) is 9.18 Å². The number of nitriles is 1. The van der Waals surface area contributed by atoms with E-state index in [1.807, 2.05) is 6.07 Å². The van der Waals surface area contributed by atoms with Crippen molar-refractivity contribution in [3.8, 4) is 6.07 Å². The molecule has 13 heteroatoms. The third-order valence-corrected chi connectivity index (χ3v) is 7.20. The summed E-state index contributed by atoms with van der Waals surface area (Å²) in [5, 5.41) is 18.5. The number of halogens is 3. The van der Waals surface area contributed by atoms with Crippen molar-refractivity contribution >= 4 is 40.2 Å². The first-order valence-electron chi connectivity index (χ1n) is 13.2. The molecule has 41 heavy (non-hydrogen) atoms. The number of ether oxygens (including phenoxy) is 1. The summed E-state index contributed by atoms with van der Waals surface area (Å²) in [6.45, 7) is 6.55. The van der Waals surface area contributed by atoms with Crippen LogP contribution in [0.4, 0.5) is 20.3 Å². The number of fused-ring (bicyclic) bond motifs is 1. The zero-order valence-electron chi connectivity index (χ0n) is 22.3. The Morgan fingerprint density at radius 1 is 1.34 bits per heavy atom. The van der Waals surface area contributed by atoms with Crippen LogP contribution in [0.3, 0.4) is 0 Å². The first kappa shape index (κ1) is 28.6. The summed E-state index contributed by atoms with van der Waals surface area (Å²) in [4.78, 5) is 23.7. The highest BCUT2D eigenvalue weighted by molar-refractivity contribution is 6.34. The number of rotatable bonds is 9. The van der Waals surface area contributed by atoms with Gasteiger partial charge in [0.05, 0.1) is 28.5 Å². The maximum Gasteiger partial charge on any atom is 0.252 e. The van der Waals surface area contributed by atoms with Crippen molar-refractivity contribution in [1.29, 1.82) is 5.26 Å². The molecule has 10 nitrogen and oxygen atoms in total. The number of allylic oxidation sites excluding steroid dienone is 2. The second-order valence-electron chi connectivity index (χ2n) is 9.67. The minimum atomic E-state index is -2.06. The lowest BCUT2D eigenvalue weighted by molar-refractivity contribution is 0.0107. The van der Waals surface area contributed by atoms with E-state index < -0.39 is 24.2 Å². The lowest BCUT2D eigenvalue weighted by Crippen LogP contribution is -2.46. The highest BCUT2D eigenvalue weighted by Gasteiger charge is 2.32. The molecule has 3 heterocycles. The molecule has 0 spiro atoms. The zero-order valence-corrected chi connectivity index (χ0v) is 23.0. The third kappa shape index (κ3) is 6.39. The van der Waals surface area contributed by atoms with Crippen molar-refractivity contribution in [2.24, 2.45) is 0 Å². The van der Waals surface area contributed by atoms with Crippen molar-refractivity contribution in [2.45, 2.75) is 25.3 Å². The standard InChI is InChI=1S/C28H29ClF2N8O2/c1-17(15-32)41-23-5-4-20(24(30)25(23)31)22-16-36-27-26(34-9-13-39(22)27)37-18-2-3-19(21(29)14-18)28(40)35-8-12-38-10-6-33-7-11-38/h2-5,9,13-14,16-17,23,25,33H,6-8,10-12H2,1H3,(H,34,37)(H,35,40). The van der Waals surface area contributed by atoms with Gasteiger partial charge in [-0.3, -0.25) is 14.1 Å². The van der Waals surface area contributed by atoms with Crippen LogP contribution in [0.2, 0.25) is 5.02 Å². The number of imidazole rings is 1. The minimum absolute atomic E-state index is 0.0157. The van der Waals surface area contributed by atoms with E-state index in [0.29, 0.717) is 35.0 Å². The molecule has 2 aliphatic rings. The van der Waals surface area contributed by atoms with E-state index in [-0.39, 0.29) is 16.5 Å². The fourth-order valence-electron chi connectivity index (χ4n) is 4.73. The quantitative estimate of drug-likeness (QED) is 0.350. The van der Waals surface area contributed by atoms with Crippen molar-refractivity contribution in [2.75, 3.05) is 44.6 Å². The highest BCUT2D eigenvalue weighted by Crippen LogP contribution is 2.33. The number of aromatic nitrogens is 3. The van der Waals surface area contributed by atoms with Crippen LogP contribution in [0.1, 0.15) is 23.0 Å². The predicted molar refractivity (Wildman–Crippen MR) is 151 cm³/mol. The molecule has 1 saturated heterocycles. The molecule has 1 aromatic carbocycles. The smallest absolute Gasteiger partial charge is 0.252 e. The van der Waals surface area contributed by atoms with Gasteiger partial charge in [0.25, 0.3) is 5.91 Å². The molecule has 214 valence electrons. The van der Waals surface area contributed by atoms with E-state index in [2.05, 4.69) is 30.8 Å². The maximum absolute atomic E-state index is 15.1. The van der Waals surface area contributed by atoms with E-state index >= 15 is 4.39 Å². The van der Waals surface area contributed by atoms with Crippen LogP contribution in [0.5, 0.6) is 0 Å². The number of carbonyl (C=O) groups excluding carboxylic acids is 1. The normalized spacial score (nSPS) is 20.2. The van der Waals surface area contributed by atoms with Crippen LogP contribution < -0.4 is 16.0 Å². The third-order valence-electron chi connectivity index (χ3n) is 6.89. The number of benzene rings is 1. The monoisotopic (exact) mass is 582 g/mol. The summed E-state index contributed by atoms with van der Waals surface area (Å²) in [5.74, 6) is -0.916. The number of anilines is 2. The molecule has 0 bridgehead atoms. The summed E-state index contributed by atoms with van der Waals surface area (Å²) in [6, 6.07) is 6.79. The Kier molecular flexibility index (Phi) is 8.90. The topological polar surface area (TPSA) is 120 Å². The van der Waals surface area contributed by atoms with Gasteiger partial charge in [0.2, 0.25) is 0 Å². The summed E-state index contributed by atoms with van der Waals surface area (Å²) >= 11 is 6.44. The van der Waals surface area contributed by atoms with Gasteiger partial charge in [-0.1, -0.05) is 23.8 Å². The summed E-state index contributed by atoms with van der Waals surface area (Å²) < 4.78 is 36.7. The fourth-order valence-corrected chi connectivity index (χ4v) is 4.99. The van der Waals surface area contributed by atoms with Crippen molar-refractivity contribution in [1.82, 2.24) is 29.9 Å². The number of hydrogen-bond acceptors (Lipinski definition) is 8. The van der Waals surface area contributed by atoms with Gasteiger partial charge in [-0.25, -0.2) is 18.7 Å². The number of hydrogen-bond donors (Lipinski definition) is 3. The highest BCUT2D eigenvalue weighted by atomic mass is 35.5. The molecule has 1 aliphatic carbocycles. The van der Waals surface area contributed by atoms with Crippen LogP contribution in [0, 0.1) is 11.3 Å². The van der Waals surface area contributed by atoms with Gasteiger partial charge in [0.1, 0.15) is 18.0 Å². The largest absolute Gasteiger partial charge is 0.353 e. The summed E-state index contributed by atoms with van der Waals surface area (Å²) in [5.41, 5.74) is 1.62. The molecule has 1 fully saturated rings. The van der Waals surface area contributed by atoms with Gasteiger partial charge in [0.15, 0.2) is 17.6 Å². The Balaban J connectivity index is 1.29. The van der Waals surface area contributed by atoms with E-state index in [1.54, 1.807) is 28.8 Å². The van der Waals surface area contributed by atoms with Crippen molar-refractivity contribution in [3.05, 3.63) is 71.0 Å². The van der Waals surface area contributed by atoms with Crippen LogP contribution >= 0.6 is 11.6 Å². The van der Waals surface area contributed by atoms with E-state index in [0.717, 1.165) is 32.7 Å². The fraction of sp³-hybridized carbons (Fsp3) is 0.357. The molecule has 2 aromatic heterocycles. The van der Waals surface area contributed by atoms with Crippen LogP contribution in [0.15, 0.2) is 54.8 Å². The van der Waals surface area contributed by atoms with Gasteiger partial charge in [0, 0.05) is 62.9 Å². The van der Waals surface area contributed by atoms with Gasteiger partial charge >= 0.3 is 0 Å². The Bertz CT molecular complexity index is 1530. The molecule has 3 atom stereocenters. The van der Waals surface area contributed by atoms with E-state index in [1.165, 1.54) is 31.5 Å². The summed E-state index contributed by atoms with van der Waals surface area (Å²) in [6.07, 6.45) is 3.18. The van der Waals surface area contributed by atoms with E-state index in [4.69, 9.17) is 21.6 Å². The lowest BCUT2D eigenvalue weighted by Gasteiger charge is -2.27. The number of nitrogens with one attached hydrogen (secondary N) is 3. The molecule has 3 unspecified atom stereocenters. The van der Waals surface area contributed by atoms with Gasteiger partial charge < -0.3 is 20.7 Å². The predicted octanol–water partition coefficient (Wildman–Crippen LogP) is 3.65. The molecule has 0 radical (unpaired) electrons. The SMILES string of the molecule is CC(C#N)OC1C=CC(c2cnc3c(Nc4ccc(C(=O)NCCN5CCNCC5)c(Cl)c4)nccn23)=C(F)C1F. The number of carbonyl (C=O) groups is 1. The Hall–Kier alpha value is -3.89. The second kappa shape index (κ2) is 12.7. The van der Waals surface area contributed by atoms with Crippen LogP contribution in [-0.2, 0) is 4.74 Å². The molecule has 3 aromatic rings. The first-order chi connectivity index (χ1) is 19.9. The molecular formula is C28H29ClF2N8O2. The number of alkyl halides is 1. The Labute approximate surface area is 240 Å². The van der Waals surface area contributed by atoms with Crippen LogP contribution in [0.25, 0.3) is 11.2 Å². The molecule has 3 N–H and O–H groups in total. The number of nitrogens with zero attached hydrogens (tertiary/aromatic N) is 5. The van der Waals surface area contributed by atoms with Gasteiger partial charge in [-0.2, -0.15) is 5.26 Å². The molecule has 0 saturated carbocycles. The number of piperazine rings is 1. The van der Waals surface area contributed by atoms with Gasteiger partial charge in [-0.15, -0.1) is 0 Å². The average molecular weight is 583 g/mol. The van der Waals surface area contributed by atoms with Crippen molar-refractivity contribution in [3.63, 3.8) is 0 Å². The Morgan fingerprint density at radius 2 is 2.15 bits per heavy atom. The van der Waals surface area contributed by atoms with Gasteiger partial charge in [-0.05, 0) is 25.1 Å². The zero-order chi connectivity index (χ0) is 28.9. The molecule has 5 rings (SSSR count). The van der Waals surface area contributed by atoms with Crippen LogP contribution in [-0.4, -0.2) is 82.8 Å². The average Bonchev–Trinajstić information content (AvgIpc) is 3.41. The number of amides is 1. The first-order valence-corrected chi connectivity index (χ1v) is 13.6.